The highest BCUT2D eigenvalue weighted by Crippen LogP contribution is 2.53. The minimum atomic E-state index is -7.28. The van der Waals surface area contributed by atoms with Crippen LogP contribution in [-0.4, -0.2) is 48.3 Å². The van der Waals surface area contributed by atoms with Crippen LogP contribution in [0.5, 0.6) is 0 Å². The van der Waals surface area contributed by atoms with E-state index in [2.05, 4.69) is 0 Å². The van der Waals surface area contributed by atoms with E-state index in [4.69, 9.17) is 0 Å². The van der Waals surface area contributed by atoms with Crippen molar-refractivity contribution < 1.29 is 83.8 Å². The average Bonchev–Trinajstić information content (AvgIpc) is 2.30. The lowest BCUT2D eigenvalue weighted by molar-refractivity contribution is -0.429. The summed E-state index contributed by atoms with van der Waals surface area (Å²) in [6.45, 7) is 0. The largest absolute Gasteiger partial charge is 0.459 e. The van der Waals surface area contributed by atoms with Crippen LogP contribution in [0.3, 0.4) is 0 Å². The Hall–Kier alpha value is -1.30. The molecule has 0 bridgehead atoms. The van der Waals surface area contributed by atoms with E-state index in [9.17, 15) is 79.0 Å². The summed E-state index contributed by atoms with van der Waals surface area (Å²) in [5.74, 6) is -28.4. The molecule has 0 aromatic rings. The summed E-state index contributed by atoms with van der Waals surface area (Å²) in [7, 11) is 0. The third-order valence-corrected chi connectivity index (χ3v) is 2.79. The first-order valence-corrected chi connectivity index (χ1v) is 6.22. The van der Waals surface area contributed by atoms with Gasteiger partial charge in [0.05, 0.1) is 0 Å². The molecule has 0 aliphatic carbocycles. The summed E-state index contributed by atoms with van der Waals surface area (Å²) in [6, 6.07) is 0. The Kier molecular flexibility index (Phi) is 6.82. The predicted octanol–water partition coefficient (Wildman–Crippen LogP) is 6.63. The van der Waals surface area contributed by atoms with Gasteiger partial charge in [0.15, 0.2) is 0 Å². The quantitative estimate of drug-likeness (QED) is 0.353. The molecule has 0 aromatic carbocycles. The number of hydrogen-bond acceptors (Lipinski definition) is 1. The van der Waals surface area contributed by atoms with Gasteiger partial charge in [0.2, 0.25) is 0 Å². The second-order valence-electron chi connectivity index (χ2n) is 5.28. The minimum absolute atomic E-state index is 1.88. The summed E-state index contributed by atoms with van der Waals surface area (Å²) in [6.07, 6.45) is -35.9. The monoisotopic (exact) mass is 482 g/mol. The highest BCUT2D eigenvalue weighted by Gasteiger charge is 2.77. The van der Waals surface area contributed by atoms with E-state index >= 15 is 0 Å². The van der Waals surface area contributed by atoms with E-state index in [0.717, 1.165) is 0 Å². The molecule has 0 saturated carbocycles. The van der Waals surface area contributed by atoms with Crippen LogP contribution in [0, 0.1) is 0 Å². The third kappa shape index (κ3) is 5.87. The molecule has 0 rings (SSSR count). The van der Waals surface area contributed by atoms with Crippen LogP contribution in [0.2, 0.25) is 0 Å². The van der Waals surface area contributed by atoms with Gasteiger partial charge in [-0.2, -0.15) is 79.0 Å². The Morgan fingerprint density at radius 2 is 0.586 bits per heavy atom. The minimum Gasteiger partial charge on any atom is -0.255 e. The van der Waals surface area contributed by atoms with Crippen molar-refractivity contribution in [3.8, 4) is 0 Å². The van der Waals surface area contributed by atoms with Gasteiger partial charge in [0.1, 0.15) is 12.8 Å². The first-order valence-electron chi connectivity index (χ1n) is 6.22. The van der Waals surface area contributed by atoms with Gasteiger partial charge in [-0.05, 0) is 0 Å². The smallest absolute Gasteiger partial charge is 0.255 e. The van der Waals surface area contributed by atoms with Crippen LogP contribution in [0.15, 0.2) is 0 Å². The number of alkyl halides is 18. The maximum Gasteiger partial charge on any atom is 0.459 e. The van der Waals surface area contributed by atoms with Crippen molar-refractivity contribution in [2.24, 2.45) is 0 Å². The van der Waals surface area contributed by atoms with E-state index in [1.165, 1.54) is 0 Å². The Bertz CT molecular complexity index is 518. The molecule has 0 aromatic heterocycles. The SMILES string of the molecule is FC(F)(CC(F)(F)C(F)(F)C(F)(F)F)OC(F)(F)CC(F)(F)C(F)(F)C(F)(F)F. The zero-order chi connectivity index (χ0) is 24.1. The Labute approximate surface area is 146 Å². The molecule has 176 valence electrons. The van der Waals surface area contributed by atoms with Crippen molar-refractivity contribution in [3.05, 3.63) is 0 Å². The van der Waals surface area contributed by atoms with E-state index in [-0.39, 0.29) is 0 Å². The molecule has 0 amide bonds. The van der Waals surface area contributed by atoms with E-state index in [1.54, 1.807) is 0 Å². The predicted molar refractivity (Wildman–Crippen MR) is 52.1 cm³/mol. The maximum atomic E-state index is 12.9. The van der Waals surface area contributed by atoms with Crippen LogP contribution in [0.4, 0.5) is 79.0 Å². The van der Waals surface area contributed by atoms with E-state index in [1.807, 2.05) is 4.74 Å². The first-order chi connectivity index (χ1) is 12.1. The van der Waals surface area contributed by atoms with E-state index in [0.29, 0.717) is 0 Å². The number of halogens is 18. The summed E-state index contributed by atoms with van der Waals surface area (Å²) < 4.78 is 225. The van der Waals surface area contributed by atoms with Crippen LogP contribution < -0.4 is 0 Å². The summed E-state index contributed by atoms with van der Waals surface area (Å²) in [5.41, 5.74) is 0. The summed E-state index contributed by atoms with van der Waals surface area (Å²) in [4.78, 5) is 0. The van der Waals surface area contributed by atoms with Gasteiger partial charge in [-0.25, -0.2) is 0 Å². The Morgan fingerprint density at radius 1 is 0.379 bits per heavy atom. The molecule has 0 atom stereocenters. The molecular weight excluding hydrogens is 478 g/mol. The third-order valence-electron chi connectivity index (χ3n) is 2.79. The van der Waals surface area contributed by atoms with Crippen LogP contribution >= 0.6 is 0 Å². The van der Waals surface area contributed by atoms with E-state index < -0.39 is 61.1 Å². The second-order valence-corrected chi connectivity index (χ2v) is 5.28. The zero-order valence-electron chi connectivity index (χ0n) is 12.6. The van der Waals surface area contributed by atoms with Crippen molar-refractivity contribution in [2.45, 2.75) is 61.1 Å². The fraction of sp³-hybridized carbons (Fsp3) is 1.00. The van der Waals surface area contributed by atoms with Crippen molar-refractivity contribution >= 4 is 0 Å². The normalized spacial score (nSPS) is 16.3. The highest BCUT2D eigenvalue weighted by atomic mass is 19.4. The molecule has 0 radical (unpaired) electrons. The van der Waals surface area contributed by atoms with Crippen LogP contribution in [0.1, 0.15) is 12.8 Å². The summed E-state index contributed by atoms with van der Waals surface area (Å²) in [5, 5.41) is 0. The number of ether oxygens (including phenoxy) is 1. The molecular formula is C10H4F18O. The van der Waals surface area contributed by atoms with Gasteiger partial charge in [0, 0.05) is 0 Å². The van der Waals surface area contributed by atoms with Gasteiger partial charge >= 0.3 is 48.3 Å². The lowest BCUT2D eigenvalue weighted by Crippen LogP contribution is -2.56. The van der Waals surface area contributed by atoms with Crippen molar-refractivity contribution in [1.29, 1.82) is 0 Å². The van der Waals surface area contributed by atoms with Gasteiger partial charge in [0.25, 0.3) is 0 Å². The van der Waals surface area contributed by atoms with Gasteiger partial charge in [-0.1, -0.05) is 0 Å². The lowest BCUT2D eigenvalue weighted by atomic mass is 10.1. The molecule has 29 heavy (non-hydrogen) atoms. The van der Waals surface area contributed by atoms with Gasteiger partial charge in [-0.3, -0.25) is 4.74 Å². The number of hydrogen-bond donors (Lipinski definition) is 0. The molecule has 0 unspecified atom stereocenters. The van der Waals surface area contributed by atoms with Gasteiger partial charge in [-0.15, -0.1) is 0 Å². The molecule has 0 fully saturated rings. The van der Waals surface area contributed by atoms with Crippen molar-refractivity contribution in [3.63, 3.8) is 0 Å². The Morgan fingerprint density at radius 3 is 0.759 bits per heavy atom. The molecule has 19 heteroatoms. The second kappa shape index (κ2) is 7.14. The molecule has 0 aliphatic rings. The average molecular weight is 482 g/mol. The topological polar surface area (TPSA) is 9.23 Å². The molecule has 0 aliphatic heterocycles. The van der Waals surface area contributed by atoms with Crippen LogP contribution in [0.25, 0.3) is 0 Å². The molecule has 0 saturated heterocycles. The van der Waals surface area contributed by atoms with Crippen molar-refractivity contribution in [2.75, 3.05) is 0 Å². The molecule has 0 heterocycles. The summed E-state index contributed by atoms with van der Waals surface area (Å²) >= 11 is 0. The molecule has 0 spiro atoms. The fourth-order valence-electron chi connectivity index (χ4n) is 1.44. The highest BCUT2D eigenvalue weighted by molar-refractivity contribution is 4.95. The Balaban J connectivity index is 5.62. The molecule has 1 nitrogen and oxygen atoms in total. The standard InChI is InChI=1S/C10H4F18O/c11-3(12,7(19,20)9(23,24)25)1-5(15,16)29-6(17,18)2-4(13,14)8(21,22)10(26,27)28/h1-2H2. The lowest BCUT2D eigenvalue weighted by Gasteiger charge is -2.33. The zero-order valence-corrected chi connectivity index (χ0v) is 12.6. The number of rotatable bonds is 8. The van der Waals surface area contributed by atoms with Crippen molar-refractivity contribution in [1.82, 2.24) is 0 Å². The van der Waals surface area contributed by atoms with Gasteiger partial charge < -0.3 is 0 Å². The van der Waals surface area contributed by atoms with Crippen LogP contribution in [-0.2, 0) is 4.74 Å². The first kappa shape index (κ1) is 27.7. The molecule has 0 N–H and O–H groups in total. The fourth-order valence-corrected chi connectivity index (χ4v) is 1.44. The maximum absolute atomic E-state index is 12.9.